The predicted octanol–water partition coefficient (Wildman–Crippen LogP) is 4.46. The molecule has 1 amide bonds. The maximum absolute atomic E-state index is 11.9. The van der Waals surface area contributed by atoms with Crippen LogP contribution >= 0.6 is 0 Å². The standard InChI is InChI=1S/C19H28N2O2/c1-12-10-14(6-8-16(12)20)15-7-9-17(13(2)11-15)21-18(22)23-19(3,4)5/h10-11H,6-9,20H2,1-5H3,(H,21,22). The number of carbonyl (C=O) groups excluding carboxylic acids is 1. The van der Waals surface area contributed by atoms with Crippen LogP contribution in [-0.2, 0) is 4.74 Å². The number of amides is 1. The molecule has 3 N–H and O–H groups in total. The SMILES string of the molecule is CC1=C(N)CCC(C2=CC(C)=C(NC(=O)OC(C)(C)C)CC2)=C1. The summed E-state index contributed by atoms with van der Waals surface area (Å²) in [6, 6.07) is 0. The van der Waals surface area contributed by atoms with Crippen molar-refractivity contribution in [1.29, 1.82) is 0 Å². The van der Waals surface area contributed by atoms with Gasteiger partial charge in [0.25, 0.3) is 0 Å². The molecule has 0 atom stereocenters. The molecule has 0 bridgehead atoms. The number of allylic oxidation sites excluding steroid dienone is 8. The molecular formula is C19H28N2O2. The van der Waals surface area contributed by atoms with E-state index in [4.69, 9.17) is 10.5 Å². The summed E-state index contributed by atoms with van der Waals surface area (Å²) in [5, 5.41) is 2.89. The van der Waals surface area contributed by atoms with E-state index in [0.717, 1.165) is 42.7 Å². The van der Waals surface area contributed by atoms with Crippen LogP contribution in [-0.4, -0.2) is 11.7 Å². The van der Waals surface area contributed by atoms with E-state index in [1.54, 1.807) is 0 Å². The van der Waals surface area contributed by atoms with Crippen LogP contribution in [0.3, 0.4) is 0 Å². The number of carbonyl (C=O) groups is 1. The third-order valence-corrected chi connectivity index (χ3v) is 4.14. The molecule has 2 aliphatic carbocycles. The van der Waals surface area contributed by atoms with E-state index in [1.165, 1.54) is 16.7 Å². The molecule has 4 heteroatoms. The maximum Gasteiger partial charge on any atom is 0.411 e. The van der Waals surface area contributed by atoms with Crippen molar-refractivity contribution in [3.05, 3.63) is 45.8 Å². The van der Waals surface area contributed by atoms with Crippen molar-refractivity contribution in [3.63, 3.8) is 0 Å². The van der Waals surface area contributed by atoms with E-state index in [0.29, 0.717) is 0 Å². The van der Waals surface area contributed by atoms with Crippen LogP contribution in [0.5, 0.6) is 0 Å². The molecule has 0 radical (unpaired) electrons. The first-order chi connectivity index (χ1) is 10.7. The first kappa shape index (κ1) is 17.4. The summed E-state index contributed by atoms with van der Waals surface area (Å²) in [6.07, 6.45) is 7.68. The number of alkyl carbamates (subject to hydrolysis) is 1. The Morgan fingerprint density at radius 3 is 2.13 bits per heavy atom. The van der Waals surface area contributed by atoms with Gasteiger partial charge >= 0.3 is 6.09 Å². The lowest BCUT2D eigenvalue weighted by atomic mass is 9.86. The van der Waals surface area contributed by atoms with Gasteiger partial charge in [-0.15, -0.1) is 0 Å². The van der Waals surface area contributed by atoms with Gasteiger partial charge in [-0.3, -0.25) is 5.32 Å². The fourth-order valence-electron chi connectivity index (χ4n) is 2.86. The van der Waals surface area contributed by atoms with Gasteiger partial charge in [-0.2, -0.15) is 0 Å². The minimum atomic E-state index is -0.481. The van der Waals surface area contributed by atoms with Crippen molar-refractivity contribution in [1.82, 2.24) is 5.32 Å². The summed E-state index contributed by atoms with van der Waals surface area (Å²) >= 11 is 0. The zero-order chi connectivity index (χ0) is 17.2. The quantitative estimate of drug-likeness (QED) is 0.790. The molecule has 2 rings (SSSR count). The van der Waals surface area contributed by atoms with Crippen LogP contribution < -0.4 is 11.1 Å². The van der Waals surface area contributed by atoms with Gasteiger partial charge in [0.2, 0.25) is 0 Å². The lowest BCUT2D eigenvalue weighted by Crippen LogP contribution is -2.32. The molecule has 126 valence electrons. The molecule has 0 aromatic carbocycles. The minimum absolute atomic E-state index is 0.382. The highest BCUT2D eigenvalue weighted by Crippen LogP contribution is 2.33. The monoisotopic (exact) mass is 316 g/mol. The van der Waals surface area contributed by atoms with E-state index in [1.807, 2.05) is 27.7 Å². The fourth-order valence-corrected chi connectivity index (χ4v) is 2.86. The first-order valence-corrected chi connectivity index (χ1v) is 8.22. The van der Waals surface area contributed by atoms with Gasteiger partial charge in [0, 0.05) is 11.4 Å². The summed E-state index contributed by atoms with van der Waals surface area (Å²) in [5.41, 5.74) is 12.4. The highest BCUT2D eigenvalue weighted by Gasteiger charge is 2.20. The Labute approximate surface area is 139 Å². The number of rotatable bonds is 2. The molecule has 0 heterocycles. The molecule has 0 aromatic rings. The molecule has 4 nitrogen and oxygen atoms in total. The summed E-state index contributed by atoms with van der Waals surface area (Å²) < 4.78 is 5.32. The molecule has 2 aliphatic rings. The third-order valence-electron chi connectivity index (χ3n) is 4.14. The van der Waals surface area contributed by atoms with Crippen molar-refractivity contribution in [2.45, 2.75) is 65.9 Å². The van der Waals surface area contributed by atoms with Crippen LogP contribution in [0, 0.1) is 0 Å². The zero-order valence-corrected chi connectivity index (χ0v) is 14.9. The minimum Gasteiger partial charge on any atom is -0.444 e. The van der Waals surface area contributed by atoms with E-state index >= 15 is 0 Å². The van der Waals surface area contributed by atoms with Crippen LogP contribution in [0.1, 0.15) is 60.3 Å². The second-order valence-electron chi connectivity index (χ2n) is 7.34. The zero-order valence-electron chi connectivity index (χ0n) is 14.9. The lowest BCUT2D eigenvalue weighted by molar-refractivity contribution is 0.0543. The molecule has 0 fully saturated rings. The second-order valence-corrected chi connectivity index (χ2v) is 7.34. The van der Waals surface area contributed by atoms with Crippen LogP contribution in [0.2, 0.25) is 0 Å². The van der Waals surface area contributed by atoms with Crippen molar-refractivity contribution < 1.29 is 9.53 Å². The van der Waals surface area contributed by atoms with Gasteiger partial charge in [0.05, 0.1) is 0 Å². The molecule has 0 unspecified atom stereocenters. The normalized spacial score (nSPS) is 19.3. The van der Waals surface area contributed by atoms with E-state index in [-0.39, 0.29) is 6.09 Å². The van der Waals surface area contributed by atoms with E-state index < -0.39 is 5.60 Å². The van der Waals surface area contributed by atoms with Crippen molar-refractivity contribution in [2.75, 3.05) is 0 Å². The van der Waals surface area contributed by atoms with Crippen LogP contribution in [0.25, 0.3) is 0 Å². The highest BCUT2D eigenvalue weighted by atomic mass is 16.6. The van der Waals surface area contributed by atoms with Gasteiger partial charge in [-0.1, -0.05) is 12.2 Å². The number of nitrogens with two attached hydrogens (primary N) is 1. The summed E-state index contributed by atoms with van der Waals surface area (Å²) in [6.45, 7) is 9.69. The first-order valence-electron chi connectivity index (χ1n) is 8.22. The molecule has 0 aromatic heterocycles. The summed E-state index contributed by atoms with van der Waals surface area (Å²) in [5.74, 6) is 0. The number of ether oxygens (including phenoxy) is 1. The Bertz CT molecular complexity index is 628. The maximum atomic E-state index is 11.9. The van der Waals surface area contributed by atoms with Crippen LogP contribution in [0.15, 0.2) is 45.8 Å². The number of nitrogens with one attached hydrogen (secondary N) is 1. The molecule has 23 heavy (non-hydrogen) atoms. The van der Waals surface area contributed by atoms with Gasteiger partial charge in [0.15, 0.2) is 0 Å². The molecule has 0 saturated heterocycles. The van der Waals surface area contributed by atoms with Crippen molar-refractivity contribution in [3.8, 4) is 0 Å². The Morgan fingerprint density at radius 2 is 1.61 bits per heavy atom. The number of hydrogen-bond donors (Lipinski definition) is 2. The Morgan fingerprint density at radius 1 is 1.04 bits per heavy atom. The van der Waals surface area contributed by atoms with E-state index in [2.05, 4.69) is 24.4 Å². The molecular weight excluding hydrogens is 288 g/mol. The Balaban J connectivity index is 2.11. The summed E-state index contributed by atoms with van der Waals surface area (Å²) in [4.78, 5) is 11.9. The average molecular weight is 316 g/mol. The van der Waals surface area contributed by atoms with Gasteiger partial charge in [-0.25, -0.2) is 4.79 Å². The summed E-state index contributed by atoms with van der Waals surface area (Å²) in [7, 11) is 0. The topological polar surface area (TPSA) is 64.3 Å². The smallest absolute Gasteiger partial charge is 0.411 e. The average Bonchev–Trinajstić information content (AvgIpc) is 2.42. The largest absolute Gasteiger partial charge is 0.444 e. The third kappa shape index (κ3) is 4.75. The van der Waals surface area contributed by atoms with Crippen molar-refractivity contribution >= 4 is 6.09 Å². The van der Waals surface area contributed by atoms with Crippen LogP contribution in [0.4, 0.5) is 4.79 Å². The second kappa shape index (κ2) is 6.65. The number of hydrogen-bond acceptors (Lipinski definition) is 3. The Hall–Kier alpha value is -1.97. The van der Waals surface area contributed by atoms with Gasteiger partial charge in [-0.05, 0) is 82.6 Å². The fraction of sp³-hybridized carbons (Fsp3) is 0.526. The van der Waals surface area contributed by atoms with E-state index in [9.17, 15) is 4.79 Å². The highest BCUT2D eigenvalue weighted by molar-refractivity contribution is 5.70. The predicted molar refractivity (Wildman–Crippen MR) is 93.6 cm³/mol. The molecule has 0 saturated carbocycles. The van der Waals surface area contributed by atoms with Crippen molar-refractivity contribution in [2.24, 2.45) is 5.73 Å². The Kier molecular flexibility index (Phi) is 5.03. The molecule has 0 aliphatic heterocycles. The van der Waals surface area contributed by atoms with Gasteiger partial charge in [0.1, 0.15) is 5.60 Å². The molecule has 0 spiro atoms. The van der Waals surface area contributed by atoms with Gasteiger partial charge < -0.3 is 10.5 Å². The lowest BCUT2D eigenvalue weighted by Gasteiger charge is -2.25.